The molecule has 51 heavy (non-hydrogen) atoms. The summed E-state index contributed by atoms with van der Waals surface area (Å²) in [5, 5.41) is 40.7. The first-order valence-electron chi connectivity index (χ1n) is 17.1. The van der Waals surface area contributed by atoms with Gasteiger partial charge >= 0.3 is 11.9 Å². The van der Waals surface area contributed by atoms with Crippen LogP contribution in [0.4, 0.5) is 0 Å². The summed E-state index contributed by atoms with van der Waals surface area (Å²) in [6.45, 7) is 10.1. The number of carboxylic acid groups (broad SMARTS) is 2. The zero-order valence-electron chi connectivity index (χ0n) is 30.4. The lowest BCUT2D eigenvalue weighted by molar-refractivity contribution is -0.143. The molecule has 0 fully saturated rings. The predicted octanol–water partition coefficient (Wildman–Crippen LogP) is -2.13. The van der Waals surface area contributed by atoms with Gasteiger partial charge in [-0.2, -0.15) is 0 Å². The second-order valence-electron chi connectivity index (χ2n) is 13.7. The molecule has 0 aromatic rings. The molecule has 0 unspecified atom stereocenters. The molecular weight excluding hydrogens is 670 g/mol. The Labute approximate surface area is 298 Å². The predicted molar refractivity (Wildman–Crippen MR) is 187 cm³/mol. The van der Waals surface area contributed by atoms with Gasteiger partial charge in [0.1, 0.15) is 36.3 Å². The molecule has 0 aliphatic heterocycles. The molecule has 19 heteroatoms. The van der Waals surface area contributed by atoms with E-state index in [0.29, 0.717) is 0 Å². The molecule has 0 rings (SSSR count). The number of rotatable bonds is 25. The van der Waals surface area contributed by atoms with Crippen LogP contribution in [0.5, 0.6) is 0 Å². The summed E-state index contributed by atoms with van der Waals surface area (Å²) in [6.07, 6.45) is -0.367. The van der Waals surface area contributed by atoms with Gasteiger partial charge in [-0.1, -0.05) is 41.5 Å². The summed E-state index contributed by atoms with van der Waals surface area (Å²) >= 11 is 0. The van der Waals surface area contributed by atoms with Gasteiger partial charge in [0.15, 0.2) is 5.96 Å². The van der Waals surface area contributed by atoms with Gasteiger partial charge in [-0.25, -0.2) is 4.79 Å². The molecule has 0 spiro atoms. The second kappa shape index (κ2) is 23.8. The minimum Gasteiger partial charge on any atom is -0.481 e. The van der Waals surface area contributed by atoms with E-state index >= 15 is 0 Å². The Bertz CT molecular complexity index is 1210. The summed E-state index contributed by atoms with van der Waals surface area (Å²) in [5.74, 6) is -7.15. The number of aliphatic carboxylic acids is 2. The monoisotopic (exact) mass is 729 g/mol. The number of carbonyl (C=O) groups excluding carboxylic acids is 5. The van der Waals surface area contributed by atoms with Crippen molar-refractivity contribution in [2.24, 2.45) is 39.9 Å². The highest BCUT2D eigenvalue weighted by Crippen LogP contribution is 2.11. The number of amides is 5. The van der Waals surface area contributed by atoms with Crippen LogP contribution in [-0.2, 0) is 33.6 Å². The van der Waals surface area contributed by atoms with E-state index in [2.05, 4.69) is 31.6 Å². The molecule has 0 bridgehead atoms. The van der Waals surface area contributed by atoms with E-state index in [0.717, 1.165) is 0 Å². The number of aliphatic imine (C=N–C) groups is 1. The van der Waals surface area contributed by atoms with Crippen LogP contribution in [0.2, 0.25) is 0 Å². The van der Waals surface area contributed by atoms with Crippen molar-refractivity contribution in [3.05, 3.63) is 0 Å². The fourth-order valence-corrected chi connectivity index (χ4v) is 4.86. The van der Waals surface area contributed by atoms with E-state index in [1.807, 2.05) is 0 Å². The Balaban J connectivity index is 6.30. The van der Waals surface area contributed by atoms with Crippen molar-refractivity contribution >= 4 is 47.4 Å². The SMILES string of the molecule is CC(C)C[C@H](NC(=O)[C@H](CCCN=C(N)N)NC(=O)[C@H](CC(C)C)NC(=O)[C@H](CCC(=O)O)NC(=O)[C@H](CC(C)C)NC(=O)[C@@H](N)CO)C(=O)O. The summed E-state index contributed by atoms with van der Waals surface area (Å²) in [4.78, 5) is 93.4. The van der Waals surface area contributed by atoms with Gasteiger partial charge in [0.2, 0.25) is 29.5 Å². The van der Waals surface area contributed by atoms with E-state index in [4.69, 9.17) is 17.2 Å². The van der Waals surface area contributed by atoms with Crippen LogP contribution in [0.1, 0.15) is 86.5 Å². The number of carbonyl (C=O) groups is 7. The molecule has 0 saturated carbocycles. The summed E-state index contributed by atoms with van der Waals surface area (Å²) in [7, 11) is 0. The molecular formula is C32H59N9O10. The smallest absolute Gasteiger partial charge is 0.326 e. The molecule has 0 radical (unpaired) electrons. The molecule has 0 aromatic heterocycles. The molecule has 14 N–H and O–H groups in total. The van der Waals surface area contributed by atoms with Gasteiger partial charge in [-0.05, 0) is 56.3 Å². The minimum atomic E-state index is -1.46. The number of guanidine groups is 1. The zero-order chi connectivity index (χ0) is 39.4. The first-order valence-corrected chi connectivity index (χ1v) is 17.1. The number of aliphatic hydroxyl groups excluding tert-OH is 1. The van der Waals surface area contributed by atoms with Crippen molar-refractivity contribution in [3.63, 3.8) is 0 Å². The van der Waals surface area contributed by atoms with Gasteiger partial charge in [0, 0.05) is 13.0 Å². The van der Waals surface area contributed by atoms with Gasteiger partial charge in [-0.3, -0.25) is 33.8 Å². The van der Waals surface area contributed by atoms with Crippen LogP contribution in [0.25, 0.3) is 0 Å². The molecule has 0 saturated heterocycles. The van der Waals surface area contributed by atoms with Crippen molar-refractivity contribution in [2.45, 2.75) is 123 Å². The van der Waals surface area contributed by atoms with Crippen molar-refractivity contribution in [3.8, 4) is 0 Å². The highest BCUT2D eigenvalue weighted by molar-refractivity contribution is 5.96. The summed E-state index contributed by atoms with van der Waals surface area (Å²) in [5.41, 5.74) is 16.3. The van der Waals surface area contributed by atoms with Crippen molar-refractivity contribution < 1.29 is 48.9 Å². The number of nitrogens with zero attached hydrogens (tertiary/aromatic N) is 1. The molecule has 0 aliphatic rings. The van der Waals surface area contributed by atoms with Crippen molar-refractivity contribution in [1.82, 2.24) is 26.6 Å². The number of nitrogens with two attached hydrogens (primary N) is 3. The second-order valence-corrected chi connectivity index (χ2v) is 13.7. The highest BCUT2D eigenvalue weighted by Gasteiger charge is 2.33. The lowest BCUT2D eigenvalue weighted by Gasteiger charge is -2.28. The quantitative estimate of drug-likeness (QED) is 0.0272. The fourth-order valence-electron chi connectivity index (χ4n) is 4.86. The standard InChI is InChI=1S/C32H59N9O10/c1-16(2)12-22(39-26(45)19(33)15-42)29(48)38-21(9-10-25(43)44)28(47)40-23(13-17(3)4)30(49)37-20(8-7-11-36-32(34)35)27(46)41-24(31(50)51)14-18(5)6/h16-24,42H,7-15,33H2,1-6H3,(H,37,49)(H,38,48)(H,39,45)(H,40,47)(H,41,46)(H,43,44)(H,50,51)(H4,34,35,36)/t19-,20-,21-,22-,23-,24-/m0/s1. The van der Waals surface area contributed by atoms with Gasteiger partial charge in [0.25, 0.3) is 0 Å². The van der Waals surface area contributed by atoms with Crippen LogP contribution in [0.3, 0.4) is 0 Å². The van der Waals surface area contributed by atoms with E-state index in [-0.39, 0.29) is 68.8 Å². The zero-order valence-corrected chi connectivity index (χ0v) is 30.4. The van der Waals surface area contributed by atoms with E-state index < -0.39 is 90.8 Å². The van der Waals surface area contributed by atoms with E-state index in [1.54, 1.807) is 41.5 Å². The molecule has 0 aliphatic carbocycles. The van der Waals surface area contributed by atoms with Gasteiger partial charge in [-0.15, -0.1) is 0 Å². The Hall–Kier alpha value is -4.52. The normalized spacial score (nSPS) is 14.7. The van der Waals surface area contributed by atoms with Crippen molar-refractivity contribution in [2.75, 3.05) is 13.2 Å². The molecule has 6 atom stereocenters. The molecule has 0 aromatic carbocycles. The number of carboxylic acids is 2. The lowest BCUT2D eigenvalue weighted by Crippen LogP contribution is -2.59. The fraction of sp³-hybridized carbons (Fsp3) is 0.750. The summed E-state index contributed by atoms with van der Waals surface area (Å²) in [6, 6.07) is -7.71. The van der Waals surface area contributed by atoms with Crippen LogP contribution < -0.4 is 43.8 Å². The van der Waals surface area contributed by atoms with Crippen LogP contribution >= 0.6 is 0 Å². The lowest BCUT2D eigenvalue weighted by atomic mass is 10.00. The first-order chi connectivity index (χ1) is 23.7. The summed E-state index contributed by atoms with van der Waals surface area (Å²) < 4.78 is 0. The Morgan fingerprint density at radius 1 is 0.588 bits per heavy atom. The minimum absolute atomic E-state index is 0.00487. The third-order valence-corrected chi connectivity index (χ3v) is 7.39. The average Bonchev–Trinajstić information content (AvgIpc) is 3.01. The molecule has 19 nitrogen and oxygen atoms in total. The van der Waals surface area contributed by atoms with Crippen LogP contribution in [0, 0.1) is 17.8 Å². The number of nitrogens with one attached hydrogen (secondary N) is 5. The average molecular weight is 730 g/mol. The Kier molecular flexibility index (Phi) is 21.7. The molecule has 292 valence electrons. The van der Waals surface area contributed by atoms with Gasteiger partial charge < -0.3 is 59.1 Å². The first kappa shape index (κ1) is 46.5. The maximum atomic E-state index is 13.7. The topological polar surface area (TPSA) is 331 Å². The van der Waals surface area contributed by atoms with Crippen molar-refractivity contribution in [1.29, 1.82) is 0 Å². The number of hydrogen-bond donors (Lipinski definition) is 11. The van der Waals surface area contributed by atoms with Crippen LogP contribution in [-0.4, -0.2) is 112 Å². The van der Waals surface area contributed by atoms with Gasteiger partial charge in [0.05, 0.1) is 6.61 Å². The van der Waals surface area contributed by atoms with E-state index in [9.17, 15) is 48.9 Å². The highest BCUT2D eigenvalue weighted by atomic mass is 16.4. The number of aliphatic hydroxyl groups is 1. The largest absolute Gasteiger partial charge is 0.481 e. The Morgan fingerprint density at radius 2 is 0.961 bits per heavy atom. The molecule has 0 heterocycles. The maximum absolute atomic E-state index is 13.7. The Morgan fingerprint density at radius 3 is 1.35 bits per heavy atom. The number of hydrogen-bond acceptors (Lipinski definition) is 10. The van der Waals surface area contributed by atoms with E-state index in [1.165, 1.54) is 0 Å². The third kappa shape index (κ3) is 20.1. The maximum Gasteiger partial charge on any atom is 0.326 e. The molecule has 5 amide bonds. The third-order valence-electron chi connectivity index (χ3n) is 7.39. The van der Waals surface area contributed by atoms with Crippen LogP contribution in [0.15, 0.2) is 4.99 Å².